The lowest BCUT2D eigenvalue weighted by Crippen LogP contribution is -2.29. The Morgan fingerprint density at radius 1 is 1.06 bits per heavy atom. The first-order chi connectivity index (χ1) is 16.8. The summed E-state index contributed by atoms with van der Waals surface area (Å²) in [4.78, 5) is 32.3. The van der Waals surface area contributed by atoms with Crippen LogP contribution in [0.5, 0.6) is 11.5 Å². The van der Waals surface area contributed by atoms with Gasteiger partial charge in [0.1, 0.15) is 17.3 Å². The predicted molar refractivity (Wildman–Crippen MR) is 132 cm³/mol. The topological polar surface area (TPSA) is 89.0 Å². The standard InChI is InChI=1S/C28H28N2O5/c1-17(2)35-22-13-12-19(15-18(22)3)26(31)24-25(21-10-5-6-11-23(21)34-4)30(28(33)27(24)32)16-20-9-7-8-14-29-20/h5-15,17,25,31H,16H2,1-4H3/b26-24+. The molecule has 1 saturated heterocycles. The minimum absolute atomic E-state index is 0.00406. The van der Waals surface area contributed by atoms with E-state index in [1.165, 1.54) is 12.0 Å². The molecule has 2 heterocycles. The Hall–Kier alpha value is -4.13. The minimum Gasteiger partial charge on any atom is -0.507 e. The Morgan fingerprint density at radius 3 is 2.46 bits per heavy atom. The Balaban J connectivity index is 1.86. The highest BCUT2D eigenvalue weighted by Gasteiger charge is 2.47. The molecule has 1 aliphatic heterocycles. The third-order valence-corrected chi connectivity index (χ3v) is 5.84. The molecule has 1 unspecified atom stereocenters. The number of likely N-dealkylation sites (tertiary alicyclic amines) is 1. The first-order valence-corrected chi connectivity index (χ1v) is 11.4. The van der Waals surface area contributed by atoms with Crippen LogP contribution in [0.2, 0.25) is 0 Å². The molecule has 1 atom stereocenters. The summed E-state index contributed by atoms with van der Waals surface area (Å²) >= 11 is 0. The molecule has 2 aromatic carbocycles. The first-order valence-electron chi connectivity index (χ1n) is 11.4. The van der Waals surface area contributed by atoms with E-state index < -0.39 is 17.7 Å². The van der Waals surface area contributed by atoms with Crippen molar-refractivity contribution in [3.05, 3.63) is 94.8 Å². The molecule has 1 fully saturated rings. The number of aliphatic hydroxyl groups is 1. The van der Waals surface area contributed by atoms with Gasteiger partial charge in [-0.15, -0.1) is 0 Å². The lowest BCUT2D eigenvalue weighted by atomic mass is 9.94. The highest BCUT2D eigenvalue weighted by atomic mass is 16.5. The first kappa shape index (κ1) is 24.0. The summed E-state index contributed by atoms with van der Waals surface area (Å²) in [5.74, 6) is -0.511. The van der Waals surface area contributed by atoms with Crippen LogP contribution in [-0.2, 0) is 16.1 Å². The van der Waals surface area contributed by atoms with Crippen molar-refractivity contribution in [3.63, 3.8) is 0 Å². The minimum atomic E-state index is -0.847. The van der Waals surface area contributed by atoms with Crippen LogP contribution in [0.1, 0.15) is 42.3 Å². The maximum atomic E-state index is 13.3. The number of rotatable bonds is 7. The normalized spacial score (nSPS) is 17.2. The van der Waals surface area contributed by atoms with E-state index in [0.29, 0.717) is 28.3 Å². The third kappa shape index (κ3) is 4.75. The predicted octanol–water partition coefficient (Wildman–Crippen LogP) is 4.81. The summed E-state index contributed by atoms with van der Waals surface area (Å²) in [6.45, 7) is 5.84. The summed E-state index contributed by atoms with van der Waals surface area (Å²) in [6.07, 6.45) is 1.63. The van der Waals surface area contributed by atoms with Gasteiger partial charge in [-0.1, -0.05) is 24.3 Å². The number of aryl methyl sites for hydroxylation is 1. The van der Waals surface area contributed by atoms with Crippen LogP contribution in [0.15, 0.2) is 72.4 Å². The number of carbonyl (C=O) groups excluding carboxylic acids is 2. The third-order valence-electron chi connectivity index (χ3n) is 5.84. The van der Waals surface area contributed by atoms with Gasteiger partial charge in [0.25, 0.3) is 11.7 Å². The number of nitrogens with zero attached hydrogens (tertiary/aromatic N) is 2. The van der Waals surface area contributed by atoms with Gasteiger partial charge >= 0.3 is 0 Å². The highest BCUT2D eigenvalue weighted by molar-refractivity contribution is 6.46. The van der Waals surface area contributed by atoms with E-state index in [-0.39, 0.29) is 24.0 Å². The van der Waals surface area contributed by atoms with Gasteiger partial charge in [0.15, 0.2) is 0 Å². The van der Waals surface area contributed by atoms with Gasteiger partial charge in [0.2, 0.25) is 0 Å². The van der Waals surface area contributed by atoms with Crippen LogP contribution in [0.25, 0.3) is 5.76 Å². The quantitative estimate of drug-likeness (QED) is 0.302. The molecule has 0 aliphatic carbocycles. The van der Waals surface area contributed by atoms with Gasteiger partial charge < -0.3 is 19.5 Å². The smallest absolute Gasteiger partial charge is 0.296 e. The average molecular weight is 473 g/mol. The maximum absolute atomic E-state index is 13.3. The molecule has 7 heteroatoms. The fourth-order valence-corrected chi connectivity index (χ4v) is 4.26. The summed E-state index contributed by atoms with van der Waals surface area (Å²) in [5.41, 5.74) is 2.46. The molecule has 0 bridgehead atoms. The molecular weight excluding hydrogens is 444 g/mol. The number of benzene rings is 2. The highest BCUT2D eigenvalue weighted by Crippen LogP contribution is 2.43. The van der Waals surface area contributed by atoms with Crippen molar-refractivity contribution in [1.29, 1.82) is 0 Å². The molecule has 4 rings (SSSR count). The van der Waals surface area contributed by atoms with Gasteiger partial charge in [0.05, 0.1) is 37.1 Å². The lowest BCUT2D eigenvalue weighted by molar-refractivity contribution is -0.140. The van der Waals surface area contributed by atoms with E-state index in [1.54, 1.807) is 54.7 Å². The van der Waals surface area contributed by atoms with E-state index in [1.807, 2.05) is 32.9 Å². The molecule has 1 aromatic heterocycles. The Morgan fingerprint density at radius 2 is 1.80 bits per heavy atom. The Kier molecular flexibility index (Phi) is 6.87. The number of aliphatic hydroxyl groups excluding tert-OH is 1. The number of aromatic nitrogens is 1. The number of amides is 1. The van der Waals surface area contributed by atoms with Crippen molar-refractivity contribution < 1.29 is 24.2 Å². The monoisotopic (exact) mass is 472 g/mol. The number of hydrogen-bond donors (Lipinski definition) is 1. The zero-order chi connectivity index (χ0) is 25.1. The number of para-hydroxylation sites is 1. The zero-order valence-electron chi connectivity index (χ0n) is 20.2. The van der Waals surface area contributed by atoms with Gasteiger partial charge in [-0.25, -0.2) is 0 Å². The average Bonchev–Trinajstić information content (AvgIpc) is 3.10. The van der Waals surface area contributed by atoms with E-state index in [9.17, 15) is 14.7 Å². The summed E-state index contributed by atoms with van der Waals surface area (Å²) in [6, 6.07) is 16.9. The molecule has 7 nitrogen and oxygen atoms in total. The molecule has 0 spiro atoms. The summed E-state index contributed by atoms with van der Waals surface area (Å²) in [5, 5.41) is 11.4. The van der Waals surface area contributed by atoms with Gasteiger partial charge in [0, 0.05) is 17.3 Å². The largest absolute Gasteiger partial charge is 0.507 e. The molecule has 1 N–H and O–H groups in total. The van der Waals surface area contributed by atoms with Crippen LogP contribution in [0.4, 0.5) is 0 Å². The molecule has 1 amide bonds. The van der Waals surface area contributed by atoms with Crippen LogP contribution < -0.4 is 9.47 Å². The lowest BCUT2D eigenvalue weighted by Gasteiger charge is -2.26. The second kappa shape index (κ2) is 10.0. The number of ether oxygens (including phenoxy) is 2. The molecule has 1 aliphatic rings. The number of methoxy groups -OCH3 is 1. The summed E-state index contributed by atoms with van der Waals surface area (Å²) in [7, 11) is 1.53. The second-order valence-electron chi connectivity index (χ2n) is 8.64. The number of ketones is 1. The van der Waals surface area contributed by atoms with Gasteiger partial charge in [-0.3, -0.25) is 14.6 Å². The molecular formula is C28H28N2O5. The Labute approximate surface area is 204 Å². The van der Waals surface area contributed by atoms with Crippen molar-refractivity contribution >= 4 is 17.4 Å². The van der Waals surface area contributed by atoms with Gasteiger partial charge in [-0.2, -0.15) is 0 Å². The summed E-state index contributed by atoms with van der Waals surface area (Å²) < 4.78 is 11.3. The molecule has 0 saturated carbocycles. The van der Waals surface area contributed by atoms with Crippen molar-refractivity contribution in [2.24, 2.45) is 0 Å². The number of pyridine rings is 1. The van der Waals surface area contributed by atoms with Gasteiger partial charge in [-0.05, 0) is 62.7 Å². The van der Waals surface area contributed by atoms with Crippen LogP contribution in [-0.4, -0.2) is 39.9 Å². The number of carbonyl (C=O) groups is 2. The van der Waals surface area contributed by atoms with Crippen molar-refractivity contribution in [1.82, 2.24) is 9.88 Å². The van der Waals surface area contributed by atoms with E-state index in [0.717, 1.165) is 5.56 Å². The zero-order valence-corrected chi connectivity index (χ0v) is 20.2. The number of Topliss-reactive ketones (excluding diaryl/α,β-unsaturated/α-hetero) is 1. The Bertz CT molecular complexity index is 1280. The van der Waals surface area contributed by atoms with E-state index in [2.05, 4.69) is 4.98 Å². The van der Waals surface area contributed by atoms with Crippen LogP contribution in [0, 0.1) is 6.92 Å². The van der Waals surface area contributed by atoms with Crippen LogP contribution >= 0.6 is 0 Å². The maximum Gasteiger partial charge on any atom is 0.296 e. The second-order valence-corrected chi connectivity index (χ2v) is 8.64. The molecule has 180 valence electrons. The van der Waals surface area contributed by atoms with Crippen molar-refractivity contribution in [3.8, 4) is 11.5 Å². The SMILES string of the molecule is COc1ccccc1C1/C(=C(\O)c2ccc(OC(C)C)c(C)c2)C(=O)C(=O)N1Cc1ccccn1. The fraction of sp³-hybridized carbons (Fsp3) is 0.250. The fourth-order valence-electron chi connectivity index (χ4n) is 4.26. The van der Waals surface area contributed by atoms with Crippen molar-refractivity contribution in [2.75, 3.05) is 7.11 Å². The van der Waals surface area contributed by atoms with E-state index >= 15 is 0 Å². The van der Waals surface area contributed by atoms with E-state index in [4.69, 9.17) is 9.47 Å². The van der Waals surface area contributed by atoms with Crippen LogP contribution in [0.3, 0.4) is 0 Å². The molecule has 0 radical (unpaired) electrons. The van der Waals surface area contributed by atoms with Crippen molar-refractivity contribution in [2.45, 2.75) is 39.5 Å². The molecule has 35 heavy (non-hydrogen) atoms. The molecule has 3 aromatic rings. The number of hydrogen-bond acceptors (Lipinski definition) is 6.